The van der Waals surface area contributed by atoms with Crippen molar-refractivity contribution in [3.8, 4) is 5.75 Å². The zero-order chi connectivity index (χ0) is 15.2. The smallest absolute Gasteiger partial charge is 0.159 e. The highest BCUT2D eigenvalue weighted by Crippen LogP contribution is 2.28. The van der Waals surface area contributed by atoms with Crippen LogP contribution in [0, 0.1) is 0 Å². The van der Waals surface area contributed by atoms with Crippen LogP contribution in [0.15, 0.2) is 46.0 Å². The van der Waals surface area contributed by atoms with Gasteiger partial charge in [-0.1, -0.05) is 0 Å². The van der Waals surface area contributed by atoms with Crippen molar-refractivity contribution < 1.29 is 9.53 Å². The second-order valence-corrected chi connectivity index (χ2v) is 6.33. The number of carbonyl (C=O) groups is 1. The molecule has 0 unspecified atom stereocenters. The molecule has 2 rings (SSSR count). The minimum atomic E-state index is 0.0612. The predicted molar refractivity (Wildman–Crippen MR) is 89.1 cm³/mol. The Balaban J connectivity index is 2.17. The fourth-order valence-electron chi connectivity index (χ4n) is 1.81. The van der Waals surface area contributed by atoms with Crippen molar-refractivity contribution in [2.24, 2.45) is 0 Å². The maximum Gasteiger partial charge on any atom is 0.159 e. The minimum Gasteiger partial charge on any atom is -0.494 e. The van der Waals surface area contributed by atoms with Crippen LogP contribution in [0.3, 0.4) is 0 Å². The van der Waals surface area contributed by atoms with Gasteiger partial charge in [0, 0.05) is 27.5 Å². The van der Waals surface area contributed by atoms with Crippen molar-refractivity contribution in [1.82, 2.24) is 4.98 Å². The SMILES string of the molecule is CCOc1ccc(C(C)=O)cc1CSc1ccc(Br)cn1. The van der Waals surface area contributed by atoms with Gasteiger partial charge in [0.1, 0.15) is 5.75 Å². The van der Waals surface area contributed by atoms with Crippen molar-refractivity contribution >= 4 is 33.5 Å². The van der Waals surface area contributed by atoms with Crippen LogP contribution in [0.4, 0.5) is 0 Å². The Morgan fingerprint density at radius 1 is 1.33 bits per heavy atom. The molecule has 0 fully saturated rings. The van der Waals surface area contributed by atoms with Crippen molar-refractivity contribution in [1.29, 1.82) is 0 Å². The van der Waals surface area contributed by atoms with E-state index in [0.717, 1.165) is 20.8 Å². The number of thioether (sulfide) groups is 1. The summed E-state index contributed by atoms with van der Waals surface area (Å²) in [6, 6.07) is 9.50. The van der Waals surface area contributed by atoms with Gasteiger partial charge in [0.2, 0.25) is 0 Å². The number of halogens is 1. The minimum absolute atomic E-state index is 0.0612. The molecule has 0 aliphatic carbocycles. The van der Waals surface area contributed by atoms with E-state index in [-0.39, 0.29) is 5.78 Å². The molecule has 0 aliphatic rings. The van der Waals surface area contributed by atoms with Gasteiger partial charge >= 0.3 is 0 Å². The molecule has 0 atom stereocenters. The molecule has 0 saturated heterocycles. The lowest BCUT2D eigenvalue weighted by Crippen LogP contribution is -1.99. The quantitative estimate of drug-likeness (QED) is 0.547. The lowest BCUT2D eigenvalue weighted by Gasteiger charge is -2.11. The van der Waals surface area contributed by atoms with E-state index >= 15 is 0 Å². The molecule has 0 N–H and O–H groups in total. The van der Waals surface area contributed by atoms with Gasteiger partial charge in [-0.15, -0.1) is 11.8 Å². The Morgan fingerprint density at radius 2 is 2.14 bits per heavy atom. The molecule has 0 amide bonds. The van der Waals surface area contributed by atoms with E-state index < -0.39 is 0 Å². The fraction of sp³-hybridized carbons (Fsp3) is 0.250. The van der Waals surface area contributed by atoms with Crippen molar-refractivity contribution in [3.05, 3.63) is 52.1 Å². The molecular weight excluding hydrogens is 350 g/mol. The first-order valence-corrected chi connectivity index (χ1v) is 8.39. The lowest BCUT2D eigenvalue weighted by molar-refractivity contribution is 0.101. The average Bonchev–Trinajstić information content (AvgIpc) is 2.48. The number of Topliss-reactive ketones (excluding diaryl/α,β-unsaturated/α-hetero) is 1. The van der Waals surface area contributed by atoms with Gasteiger partial charge in [-0.05, 0) is 60.1 Å². The summed E-state index contributed by atoms with van der Waals surface area (Å²) in [5, 5.41) is 0.939. The molecule has 0 aliphatic heterocycles. The third kappa shape index (κ3) is 4.58. The van der Waals surface area contributed by atoms with Crippen LogP contribution in [0.25, 0.3) is 0 Å². The van der Waals surface area contributed by atoms with Gasteiger partial charge in [-0.25, -0.2) is 4.98 Å². The number of rotatable bonds is 6. The molecule has 1 aromatic heterocycles. The molecule has 0 saturated carbocycles. The fourth-order valence-corrected chi connectivity index (χ4v) is 2.86. The van der Waals surface area contributed by atoms with Crippen LogP contribution in [0.1, 0.15) is 29.8 Å². The maximum absolute atomic E-state index is 11.5. The topological polar surface area (TPSA) is 39.2 Å². The number of nitrogens with zero attached hydrogens (tertiary/aromatic N) is 1. The van der Waals surface area contributed by atoms with Crippen molar-refractivity contribution in [2.45, 2.75) is 24.6 Å². The summed E-state index contributed by atoms with van der Waals surface area (Å²) in [6.45, 7) is 4.13. The molecule has 21 heavy (non-hydrogen) atoms. The van der Waals surface area contributed by atoms with Gasteiger partial charge in [0.15, 0.2) is 5.78 Å². The molecule has 0 bridgehead atoms. The van der Waals surface area contributed by atoms with Gasteiger partial charge in [-0.2, -0.15) is 0 Å². The Kier molecular flexibility index (Phi) is 5.82. The van der Waals surface area contributed by atoms with E-state index in [4.69, 9.17) is 4.74 Å². The number of hydrogen-bond acceptors (Lipinski definition) is 4. The summed E-state index contributed by atoms with van der Waals surface area (Å²) in [5.74, 6) is 1.60. The first-order valence-electron chi connectivity index (χ1n) is 6.61. The van der Waals surface area contributed by atoms with Crippen LogP contribution in [-0.2, 0) is 5.75 Å². The van der Waals surface area contributed by atoms with Crippen LogP contribution < -0.4 is 4.74 Å². The summed E-state index contributed by atoms with van der Waals surface area (Å²) in [5.41, 5.74) is 1.72. The third-order valence-corrected chi connectivity index (χ3v) is 4.30. The Morgan fingerprint density at radius 3 is 2.76 bits per heavy atom. The summed E-state index contributed by atoms with van der Waals surface area (Å²) >= 11 is 4.99. The van der Waals surface area contributed by atoms with E-state index in [1.54, 1.807) is 30.9 Å². The monoisotopic (exact) mass is 365 g/mol. The summed E-state index contributed by atoms with van der Waals surface area (Å²) in [7, 11) is 0. The van der Waals surface area contributed by atoms with Gasteiger partial charge in [0.05, 0.1) is 11.6 Å². The number of hydrogen-bond donors (Lipinski definition) is 0. The third-order valence-electron chi connectivity index (χ3n) is 2.84. The molecule has 1 aromatic carbocycles. The van der Waals surface area contributed by atoms with E-state index in [1.807, 2.05) is 31.2 Å². The number of pyridine rings is 1. The Hall–Kier alpha value is -1.33. The highest BCUT2D eigenvalue weighted by molar-refractivity contribution is 9.10. The second kappa shape index (κ2) is 7.61. The van der Waals surface area contributed by atoms with Gasteiger partial charge in [-0.3, -0.25) is 4.79 Å². The predicted octanol–water partition coefficient (Wildman–Crippen LogP) is 4.74. The van der Waals surface area contributed by atoms with Crippen LogP contribution in [0.5, 0.6) is 5.75 Å². The van der Waals surface area contributed by atoms with Crippen LogP contribution in [0.2, 0.25) is 0 Å². The lowest BCUT2D eigenvalue weighted by atomic mass is 10.1. The van der Waals surface area contributed by atoms with E-state index in [9.17, 15) is 4.79 Å². The van der Waals surface area contributed by atoms with Gasteiger partial charge in [0.25, 0.3) is 0 Å². The van der Waals surface area contributed by atoms with E-state index in [1.165, 1.54) is 0 Å². The van der Waals surface area contributed by atoms with Crippen LogP contribution in [-0.4, -0.2) is 17.4 Å². The highest BCUT2D eigenvalue weighted by Gasteiger charge is 2.09. The first kappa shape index (κ1) is 16.0. The van der Waals surface area contributed by atoms with Crippen molar-refractivity contribution in [2.75, 3.05) is 6.61 Å². The van der Waals surface area contributed by atoms with Crippen LogP contribution >= 0.6 is 27.7 Å². The standard InChI is InChI=1S/C16H16BrNO2S/c1-3-20-15-6-4-12(11(2)19)8-13(15)10-21-16-7-5-14(17)9-18-16/h4-9H,3,10H2,1-2H3. The zero-order valence-corrected chi connectivity index (χ0v) is 14.3. The molecule has 110 valence electrons. The maximum atomic E-state index is 11.5. The molecular formula is C16H16BrNO2S. The summed E-state index contributed by atoms with van der Waals surface area (Å²) in [4.78, 5) is 15.8. The van der Waals surface area contributed by atoms with Gasteiger partial charge < -0.3 is 4.74 Å². The number of benzene rings is 1. The number of ether oxygens (including phenoxy) is 1. The number of carbonyl (C=O) groups excluding carboxylic acids is 1. The molecule has 0 spiro atoms. The summed E-state index contributed by atoms with van der Waals surface area (Å²) in [6.07, 6.45) is 1.78. The number of ketones is 1. The Bertz CT molecular complexity index is 629. The normalized spacial score (nSPS) is 10.4. The Labute approximate surface area is 137 Å². The second-order valence-electron chi connectivity index (χ2n) is 4.42. The summed E-state index contributed by atoms with van der Waals surface area (Å²) < 4.78 is 6.59. The van der Waals surface area contributed by atoms with Crippen molar-refractivity contribution in [3.63, 3.8) is 0 Å². The molecule has 2 aromatic rings. The van der Waals surface area contributed by atoms with E-state index in [0.29, 0.717) is 17.9 Å². The molecule has 5 heteroatoms. The average molecular weight is 366 g/mol. The highest BCUT2D eigenvalue weighted by atomic mass is 79.9. The molecule has 3 nitrogen and oxygen atoms in total. The largest absolute Gasteiger partial charge is 0.494 e. The molecule has 0 radical (unpaired) electrons. The number of aromatic nitrogens is 1. The van der Waals surface area contributed by atoms with E-state index in [2.05, 4.69) is 20.9 Å². The zero-order valence-electron chi connectivity index (χ0n) is 11.9. The first-order chi connectivity index (χ1) is 10.1. The molecule has 1 heterocycles.